The summed E-state index contributed by atoms with van der Waals surface area (Å²) in [5.41, 5.74) is 4.88. The summed E-state index contributed by atoms with van der Waals surface area (Å²) < 4.78 is 2.08. The molecule has 0 spiro atoms. The molecule has 16 heavy (non-hydrogen) atoms. The number of aromatic nitrogens is 2. The van der Waals surface area contributed by atoms with E-state index in [1.807, 2.05) is 36.7 Å². The molecule has 0 saturated carbocycles. The lowest BCUT2D eigenvalue weighted by Gasteiger charge is -2.01. The number of nitrogens with zero attached hydrogens (tertiary/aromatic N) is 2. The topological polar surface area (TPSA) is 37.5 Å². The molecule has 0 aliphatic heterocycles. The average molecular weight is 230 g/mol. The van der Waals surface area contributed by atoms with E-state index in [0.29, 0.717) is 0 Å². The third kappa shape index (κ3) is 1.35. The Labute approximate surface area is 96.6 Å². The van der Waals surface area contributed by atoms with Gasteiger partial charge in [-0.2, -0.15) is 0 Å². The Bertz CT molecular complexity index is 613. The van der Waals surface area contributed by atoms with E-state index in [9.17, 15) is 5.11 Å². The Morgan fingerprint density at radius 2 is 2.31 bits per heavy atom. The second kappa shape index (κ2) is 3.73. The van der Waals surface area contributed by atoms with Crippen molar-refractivity contribution < 1.29 is 5.11 Å². The first kappa shape index (κ1) is 9.57. The number of aliphatic hydroxyl groups excluding tert-OH is 1. The van der Waals surface area contributed by atoms with Crippen molar-refractivity contribution in [1.29, 1.82) is 0 Å². The van der Waals surface area contributed by atoms with Crippen LogP contribution in [0.2, 0.25) is 0 Å². The maximum atomic E-state index is 9.39. The van der Waals surface area contributed by atoms with Gasteiger partial charge in [0.25, 0.3) is 0 Å². The maximum absolute atomic E-state index is 9.39. The van der Waals surface area contributed by atoms with Crippen LogP contribution in [0.15, 0.2) is 42.2 Å². The molecular weight excluding hydrogens is 220 g/mol. The highest BCUT2D eigenvalue weighted by molar-refractivity contribution is 7.13. The molecule has 0 aromatic carbocycles. The van der Waals surface area contributed by atoms with Gasteiger partial charge in [0, 0.05) is 23.5 Å². The number of hydrogen-bond acceptors (Lipinski definition) is 3. The highest BCUT2D eigenvalue weighted by Crippen LogP contribution is 2.29. The van der Waals surface area contributed by atoms with Crippen molar-refractivity contribution in [2.24, 2.45) is 0 Å². The van der Waals surface area contributed by atoms with Crippen molar-refractivity contribution >= 4 is 16.9 Å². The predicted octanol–water partition coefficient (Wildman–Crippen LogP) is 2.56. The number of pyridine rings is 1. The Morgan fingerprint density at radius 3 is 3.06 bits per heavy atom. The standard InChI is InChI=1S/C12H10N2OS/c15-7-9-5-10-3-1-2-4-14(10)12(9)11-6-13-8-16-11/h1-6,8,15H,7H2. The van der Waals surface area contributed by atoms with Gasteiger partial charge in [0.1, 0.15) is 0 Å². The molecular formula is C12H10N2OS. The first-order valence-electron chi connectivity index (χ1n) is 4.99. The van der Waals surface area contributed by atoms with Crippen LogP contribution in [0.5, 0.6) is 0 Å². The Hall–Kier alpha value is -1.65. The van der Waals surface area contributed by atoms with Gasteiger partial charge in [-0.05, 0) is 18.2 Å². The number of thiazole rings is 1. The molecule has 3 aromatic rings. The molecule has 3 nitrogen and oxygen atoms in total. The maximum Gasteiger partial charge on any atom is 0.0798 e. The highest BCUT2D eigenvalue weighted by atomic mass is 32.1. The Balaban J connectivity index is 2.36. The summed E-state index contributed by atoms with van der Waals surface area (Å²) in [7, 11) is 0. The molecule has 1 N–H and O–H groups in total. The lowest BCUT2D eigenvalue weighted by atomic mass is 10.2. The van der Waals surface area contributed by atoms with Crippen molar-refractivity contribution in [3.05, 3.63) is 47.7 Å². The zero-order valence-corrected chi connectivity index (χ0v) is 9.31. The van der Waals surface area contributed by atoms with Crippen LogP contribution in [0, 0.1) is 0 Å². The second-order valence-corrected chi connectivity index (χ2v) is 4.42. The molecule has 80 valence electrons. The molecule has 0 aliphatic rings. The molecule has 0 unspecified atom stereocenters. The smallest absolute Gasteiger partial charge is 0.0798 e. The van der Waals surface area contributed by atoms with Crippen LogP contribution >= 0.6 is 11.3 Å². The van der Waals surface area contributed by atoms with Gasteiger partial charge in [-0.1, -0.05) is 6.07 Å². The fourth-order valence-electron chi connectivity index (χ4n) is 1.91. The first-order valence-corrected chi connectivity index (χ1v) is 5.87. The van der Waals surface area contributed by atoms with Crippen molar-refractivity contribution in [3.63, 3.8) is 0 Å². The molecule has 4 heteroatoms. The zero-order chi connectivity index (χ0) is 11.0. The largest absolute Gasteiger partial charge is 0.392 e. The summed E-state index contributed by atoms with van der Waals surface area (Å²) in [5.74, 6) is 0. The van der Waals surface area contributed by atoms with Crippen molar-refractivity contribution in [3.8, 4) is 10.6 Å². The fraction of sp³-hybridized carbons (Fsp3) is 0.0833. The predicted molar refractivity (Wildman–Crippen MR) is 64.4 cm³/mol. The normalized spacial score (nSPS) is 11.1. The summed E-state index contributed by atoms with van der Waals surface area (Å²) in [6.07, 6.45) is 3.84. The SMILES string of the molecule is OCc1cc2ccccn2c1-c1cncs1. The van der Waals surface area contributed by atoms with Crippen molar-refractivity contribution in [1.82, 2.24) is 9.38 Å². The summed E-state index contributed by atoms with van der Waals surface area (Å²) in [5, 5.41) is 9.39. The Morgan fingerprint density at radius 1 is 1.38 bits per heavy atom. The zero-order valence-electron chi connectivity index (χ0n) is 8.50. The molecule has 0 fully saturated rings. The molecule has 3 rings (SSSR count). The summed E-state index contributed by atoms with van der Waals surface area (Å²) in [6.45, 7) is 0.0505. The van der Waals surface area contributed by atoms with Gasteiger partial charge in [-0.3, -0.25) is 4.98 Å². The third-order valence-corrected chi connectivity index (χ3v) is 3.37. The molecule has 0 aliphatic carbocycles. The van der Waals surface area contributed by atoms with E-state index in [-0.39, 0.29) is 6.61 Å². The minimum atomic E-state index is 0.0505. The first-order chi connectivity index (χ1) is 7.90. The van der Waals surface area contributed by atoms with Gasteiger partial charge in [0.05, 0.1) is 22.7 Å². The van der Waals surface area contributed by atoms with E-state index in [1.54, 1.807) is 16.8 Å². The van der Waals surface area contributed by atoms with Crippen LogP contribution < -0.4 is 0 Å². The summed E-state index contributed by atoms with van der Waals surface area (Å²) >= 11 is 1.58. The van der Waals surface area contributed by atoms with Crippen molar-refractivity contribution in [2.75, 3.05) is 0 Å². The lowest BCUT2D eigenvalue weighted by Crippen LogP contribution is -1.88. The van der Waals surface area contributed by atoms with Crippen LogP contribution in [-0.4, -0.2) is 14.5 Å². The quantitative estimate of drug-likeness (QED) is 0.734. The van der Waals surface area contributed by atoms with E-state index < -0.39 is 0 Å². The third-order valence-electron chi connectivity index (χ3n) is 2.59. The fourth-order valence-corrected chi connectivity index (χ4v) is 2.61. The number of rotatable bonds is 2. The average Bonchev–Trinajstić information content (AvgIpc) is 2.94. The van der Waals surface area contributed by atoms with E-state index in [0.717, 1.165) is 21.7 Å². The van der Waals surface area contributed by atoms with Crippen LogP contribution in [0.25, 0.3) is 16.1 Å². The van der Waals surface area contributed by atoms with Crippen LogP contribution in [0.3, 0.4) is 0 Å². The molecule has 0 saturated heterocycles. The van der Waals surface area contributed by atoms with E-state index in [2.05, 4.69) is 9.38 Å². The second-order valence-electron chi connectivity index (χ2n) is 3.54. The summed E-state index contributed by atoms with van der Waals surface area (Å²) in [4.78, 5) is 5.16. The summed E-state index contributed by atoms with van der Waals surface area (Å²) in [6, 6.07) is 8.02. The number of fused-ring (bicyclic) bond motifs is 1. The number of aliphatic hydroxyl groups is 1. The monoisotopic (exact) mass is 230 g/mol. The van der Waals surface area contributed by atoms with Gasteiger partial charge >= 0.3 is 0 Å². The van der Waals surface area contributed by atoms with Gasteiger partial charge < -0.3 is 9.51 Å². The molecule has 0 atom stereocenters. The van der Waals surface area contributed by atoms with E-state index in [4.69, 9.17) is 0 Å². The van der Waals surface area contributed by atoms with Gasteiger partial charge in [0.15, 0.2) is 0 Å². The minimum Gasteiger partial charge on any atom is -0.392 e. The highest BCUT2D eigenvalue weighted by Gasteiger charge is 2.12. The molecule has 0 bridgehead atoms. The number of hydrogen-bond donors (Lipinski definition) is 1. The van der Waals surface area contributed by atoms with Crippen molar-refractivity contribution in [2.45, 2.75) is 6.61 Å². The molecule has 0 radical (unpaired) electrons. The van der Waals surface area contributed by atoms with E-state index in [1.165, 1.54) is 0 Å². The van der Waals surface area contributed by atoms with Crippen LogP contribution in [0.4, 0.5) is 0 Å². The minimum absolute atomic E-state index is 0.0505. The Kier molecular flexibility index (Phi) is 2.23. The van der Waals surface area contributed by atoms with E-state index >= 15 is 0 Å². The van der Waals surface area contributed by atoms with Crippen LogP contribution in [0.1, 0.15) is 5.56 Å². The lowest BCUT2D eigenvalue weighted by molar-refractivity contribution is 0.282. The molecule has 3 aromatic heterocycles. The molecule has 3 heterocycles. The van der Waals surface area contributed by atoms with Crippen LogP contribution in [-0.2, 0) is 6.61 Å². The van der Waals surface area contributed by atoms with Gasteiger partial charge in [0.2, 0.25) is 0 Å². The molecule has 0 amide bonds. The van der Waals surface area contributed by atoms with Gasteiger partial charge in [-0.15, -0.1) is 11.3 Å². The van der Waals surface area contributed by atoms with Gasteiger partial charge in [-0.25, -0.2) is 0 Å².